The van der Waals surface area contributed by atoms with Gasteiger partial charge in [0.15, 0.2) is 0 Å². The Morgan fingerprint density at radius 3 is 2.33 bits per heavy atom. The SMILES string of the molecule is CC(C)c1nnn(-c2c(Cl)cccc2Cl)c1COC1CCN(c2ccc(C(=O)O)cc2)CC1. The van der Waals surface area contributed by atoms with Crippen LogP contribution in [-0.2, 0) is 11.3 Å². The van der Waals surface area contributed by atoms with Gasteiger partial charge in [-0.2, -0.15) is 0 Å². The van der Waals surface area contributed by atoms with Crippen LogP contribution in [0.25, 0.3) is 5.69 Å². The van der Waals surface area contributed by atoms with E-state index >= 15 is 0 Å². The number of rotatable bonds is 7. The summed E-state index contributed by atoms with van der Waals surface area (Å²) in [5.41, 5.74) is 3.64. The number of hydrogen-bond acceptors (Lipinski definition) is 5. The fraction of sp³-hybridized carbons (Fsp3) is 0.375. The number of carboxylic acids is 1. The van der Waals surface area contributed by atoms with Crippen molar-refractivity contribution >= 4 is 34.9 Å². The second-order valence-electron chi connectivity index (χ2n) is 8.41. The Morgan fingerprint density at radius 2 is 1.76 bits per heavy atom. The third-order valence-electron chi connectivity index (χ3n) is 5.87. The molecule has 0 aliphatic carbocycles. The number of aromatic carboxylic acids is 1. The predicted molar refractivity (Wildman–Crippen MR) is 129 cm³/mol. The molecule has 1 N–H and O–H groups in total. The van der Waals surface area contributed by atoms with E-state index in [1.165, 1.54) is 0 Å². The molecule has 1 aliphatic heterocycles. The highest BCUT2D eigenvalue weighted by Crippen LogP contribution is 2.31. The third kappa shape index (κ3) is 5.16. The number of ether oxygens (including phenoxy) is 1. The van der Waals surface area contributed by atoms with Crippen molar-refractivity contribution in [2.45, 2.75) is 45.3 Å². The average Bonchev–Trinajstić information content (AvgIpc) is 3.22. The largest absolute Gasteiger partial charge is 0.478 e. The molecule has 3 aromatic rings. The molecule has 0 spiro atoms. The topological polar surface area (TPSA) is 80.5 Å². The molecule has 4 rings (SSSR count). The molecule has 2 aromatic carbocycles. The van der Waals surface area contributed by atoms with Crippen LogP contribution < -0.4 is 4.90 Å². The minimum absolute atomic E-state index is 0.102. The summed E-state index contributed by atoms with van der Waals surface area (Å²) in [5.74, 6) is -0.740. The fourth-order valence-electron chi connectivity index (χ4n) is 4.06. The molecule has 1 saturated heterocycles. The standard InChI is InChI=1S/C24H26Cl2N4O3/c1-15(2)22-21(30(28-27-22)23-19(25)4-3-5-20(23)26)14-33-18-10-12-29(13-11-18)17-8-6-16(7-9-17)24(31)32/h3-9,15,18H,10-14H2,1-2H3,(H,31,32). The number of carboxylic acid groups (broad SMARTS) is 1. The molecule has 2 heterocycles. The Morgan fingerprint density at radius 1 is 1.12 bits per heavy atom. The zero-order valence-corrected chi connectivity index (χ0v) is 20.1. The molecule has 9 heteroatoms. The van der Waals surface area contributed by atoms with E-state index in [1.54, 1.807) is 35.0 Å². The van der Waals surface area contributed by atoms with Crippen molar-refractivity contribution in [1.29, 1.82) is 0 Å². The van der Waals surface area contributed by atoms with Crippen molar-refractivity contribution in [2.75, 3.05) is 18.0 Å². The molecule has 1 fully saturated rings. The highest BCUT2D eigenvalue weighted by molar-refractivity contribution is 6.37. The molecule has 0 unspecified atom stereocenters. The van der Waals surface area contributed by atoms with Crippen LogP contribution in [0.2, 0.25) is 10.0 Å². The second kappa shape index (κ2) is 10.1. The first-order valence-corrected chi connectivity index (χ1v) is 11.7. The molecular weight excluding hydrogens is 463 g/mol. The lowest BCUT2D eigenvalue weighted by molar-refractivity contribution is 0.0221. The van der Waals surface area contributed by atoms with Crippen LogP contribution in [0.1, 0.15) is 54.4 Å². The van der Waals surface area contributed by atoms with Gasteiger partial charge in [0.2, 0.25) is 0 Å². The van der Waals surface area contributed by atoms with Gasteiger partial charge in [-0.05, 0) is 55.2 Å². The van der Waals surface area contributed by atoms with E-state index in [0.29, 0.717) is 27.9 Å². The smallest absolute Gasteiger partial charge is 0.335 e. The summed E-state index contributed by atoms with van der Waals surface area (Å²) in [7, 11) is 0. The number of benzene rings is 2. The first-order valence-electron chi connectivity index (χ1n) is 10.9. The zero-order chi connectivity index (χ0) is 23.5. The Labute approximate surface area is 202 Å². The first-order chi connectivity index (χ1) is 15.8. The van der Waals surface area contributed by atoms with Gasteiger partial charge in [0, 0.05) is 18.8 Å². The Bertz CT molecular complexity index is 1100. The maximum Gasteiger partial charge on any atom is 0.335 e. The molecule has 7 nitrogen and oxygen atoms in total. The van der Waals surface area contributed by atoms with Gasteiger partial charge in [-0.1, -0.05) is 48.3 Å². The van der Waals surface area contributed by atoms with Crippen LogP contribution >= 0.6 is 23.2 Å². The van der Waals surface area contributed by atoms with Gasteiger partial charge in [0.1, 0.15) is 5.69 Å². The highest BCUT2D eigenvalue weighted by atomic mass is 35.5. The number of nitrogens with zero attached hydrogens (tertiary/aromatic N) is 4. The van der Waals surface area contributed by atoms with E-state index in [0.717, 1.165) is 43.0 Å². The van der Waals surface area contributed by atoms with Crippen molar-refractivity contribution in [3.63, 3.8) is 0 Å². The van der Waals surface area contributed by atoms with Gasteiger partial charge >= 0.3 is 5.97 Å². The minimum atomic E-state index is -0.916. The summed E-state index contributed by atoms with van der Waals surface area (Å²) in [6.07, 6.45) is 1.84. The van der Waals surface area contributed by atoms with Crippen molar-refractivity contribution < 1.29 is 14.6 Å². The highest BCUT2D eigenvalue weighted by Gasteiger charge is 2.24. The molecule has 0 saturated carbocycles. The van der Waals surface area contributed by atoms with E-state index in [4.69, 9.17) is 33.0 Å². The van der Waals surface area contributed by atoms with Crippen LogP contribution in [-0.4, -0.2) is 45.3 Å². The summed E-state index contributed by atoms with van der Waals surface area (Å²) in [6, 6.07) is 12.4. The van der Waals surface area contributed by atoms with Crippen LogP contribution in [0.3, 0.4) is 0 Å². The van der Waals surface area contributed by atoms with Crippen LogP contribution in [0.5, 0.6) is 0 Å². The van der Waals surface area contributed by atoms with Gasteiger partial charge in [-0.15, -0.1) is 5.10 Å². The normalized spacial score (nSPS) is 14.8. The number of piperidine rings is 1. The number of aromatic nitrogens is 3. The van der Waals surface area contributed by atoms with Crippen LogP contribution in [0, 0.1) is 0 Å². The summed E-state index contributed by atoms with van der Waals surface area (Å²) in [4.78, 5) is 13.3. The lowest BCUT2D eigenvalue weighted by atomic mass is 10.1. The van der Waals surface area contributed by atoms with Crippen molar-refractivity contribution in [1.82, 2.24) is 15.0 Å². The fourth-order valence-corrected chi connectivity index (χ4v) is 4.62. The van der Waals surface area contributed by atoms with E-state index in [-0.39, 0.29) is 12.0 Å². The van der Waals surface area contributed by atoms with E-state index in [2.05, 4.69) is 29.1 Å². The zero-order valence-electron chi connectivity index (χ0n) is 18.5. The summed E-state index contributed by atoms with van der Waals surface area (Å²) in [5, 5.41) is 18.8. The number of anilines is 1. The molecule has 1 aromatic heterocycles. The molecule has 0 atom stereocenters. The van der Waals surface area contributed by atoms with E-state index < -0.39 is 5.97 Å². The summed E-state index contributed by atoms with van der Waals surface area (Å²) >= 11 is 12.8. The minimum Gasteiger partial charge on any atom is -0.478 e. The van der Waals surface area contributed by atoms with Crippen molar-refractivity contribution in [3.05, 3.63) is 69.5 Å². The van der Waals surface area contributed by atoms with E-state index in [9.17, 15) is 4.79 Å². The summed E-state index contributed by atoms with van der Waals surface area (Å²) < 4.78 is 8.00. The molecule has 1 aliphatic rings. The lowest BCUT2D eigenvalue weighted by Gasteiger charge is -2.33. The molecular formula is C24H26Cl2N4O3. The monoisotopic (exact) mass is 488 g/mol. The molecule has 33 heavy (non-hydrogen) atoms. The number of carbonyl (C=O) groups is 1. The van der Waals surface area contributed by atoms with Gasteiger partial charge in [-0.25, -0.2) is 9.48 Å². The third-order valence-corrected chi connectivity index (χ3v) is 6.48. The predicted octanol–water partition coefficient (Wildman–Crippen LogP) is 5.58. The van der Waals surface area contributed by atoms with E-state index in [1.807, 2.05) is 12.1 Å². The Hall–Kier alpha value is -2.61. The van der Waals surface area contributed by atoms with Gasteiger partial charge < -0.3 is 14.7 Å². The lowest BCUT2D eigenvalue weighted by Crippen LogP contribution is -2.37. The number of halogens is 2. The molecule has 0 amide bonds. The maximum atomic E-state index is 11.1. The van der Waals surface area contributed by atoms with Crippen molar-refractivity contribution in [2.24, 2.45) is 0 Å². The number of para-hydroxylation sites is 1. The van der Waals surface area contributed by atoms with Gasteiger partial charge in [0.05, 0.1) is 39.7 Å². The Balaban J connectivity index is 1.44. The first kappa shape index (κ1) is 23.5. The van der Waals surface area contributed by atoms with Gasteiger partial charge in [0.25, 0.3) is 0 Å². The maximum absolute atomic E-state index is 11.1. The molecule has 0 radical (unpaired) electrons. The van der Waals surface area contributed by atoms with Crippen LogP contribution in [0.4, 0.5) is 5.69 Å². The second-order valence-corrected chi connectivity index (χ2v) is 9.22. The summed E-state index contributed by atoms with van der Waals surface area (Å²) in [6.45, 7) is 6.17. The van der Waals surface area contributed by atoms with Crippen LogP contribution in [0.15, 0.2) is 42.5 Å². The van der Waals surface area contributed by atoms with Crippen molar-refractivity contribution in [3.8, 4) is 5.69 Å². The van der Waals surface area contributed by atoms with Gasteiger partial charge in [-0.3, -0.25) is 0 Å². The Kier molecular flexibility index (Phi) is 7.22. The average molecular weight is 489 g/mol. The molecule has 174 valence electrons. The molecule has 0 bridgehead atoms. The quantitative estimate of drug-likeness (QED) is 0.467. The number of hydrogen-bond donors (Lipinski definition) is 1.